The van der Waals surface area contributed by atoms with Gasteiger partial charge in [-0.2, -0.15) is 0 Å². The zero-order valence-corrected chi connectivity index (χ0v) is 10.1. The van der Waals surface area contributed by atoms with Gasteiger partial charge in [0.2, 0.25) is 0 Å². The first-order valence-electron chi connectivity index (χ1n) is 5.74. The normalized spacial score (nSPS) is 14.5. The van der Waals surface area contributed by atoms with Crippen LogP contribution in [0.5, 0.6) is 11.5 Å². The van der Waals surface area contributed by atoms with Crippen molar-refractivity contribution in [1.82, 2.24) is 4.90 Å². The fraction of sp³-hybridized carbons (Fsp3) is 0.462. The number of hydrogen-bond donors (Lipinski definition) is 1. The minimum absolute atomic E-state index is 0.00144. The summed E-state index contributed by atoms with van der Waals surface area (Å²) in [6.45, 7) is 0.759. The quantitative estimate of drug-likeness (QED) is 0.867. The lowest BCUT2D eigenvalue weighted by Crippen LogP contribution is -2.28. The highest BCUT2D eigenvalue weighted by molar-refractivity contribution is 5.97. The first kappa shape index (κ1) is 11.8. The van der Waals surface area contributed by atoms with Crippen molar-refractivity contribution in [2.45, 2.75) is 12.8 Å². The summed E-state index contributed by atoms with van der Waals surface area (Å²) in [6.07, 6.45) is 2.39. The largest absolute Gasteiger partial charge is 0.507 e. The molecule has 4 heteroatoms. The zero-order valence-electron chi connectivity index (χ0n) is 10.1. The second-order valence-corrected chi connectivity index (χ2v) is 4.51. The van der Waals surface area contributed by atoms with Gasteiger partial charge in [0.15, 0.2) is 0 Å². The highest BCUT2D eigenvalue weighted by atomic mass is 16.5. The molecule has 0 aliphatic heterocycles. The Morgan fingerprint density at radius 1 is 1.53 bits per heavy atom. The SMILES string of the molecule is COc1ccc(O)c(C(=O)N(C)CC2CC2)c1. The number of aromatic hydroxyl groups is 1. The number of carbonyl (C=O) groups is 1. The van der Waals surface area contributed by atoms with Crippen molar-refractivity contribution in [3.05, 3.63) is 23.8 Å². The van der Waals surface area contributed by atoms with Gasteiger partial charge >= 0.3 is 0 Å². The molecule has 2 rings (SSSR count). The molecule has 1 aromatic rings. The molecule has 17 heavy (non-hydrogen) atoms. The van der Waals surface area contributed by atoms with Crippen LogP contribution in [0.4, 0.5) is 0 Å². The van der Waals surface area contributed by atoms with Gasteiger partial charge in [-0.3, -0.25) is 4.79 Å². The summed E-state index contributed by atoms with van der Waals surface area (Å²) >= 11 is 0. The van der Waals surface area contributed by atoms with Gasteiger partial charge in [0.05, 0.1) is 12.7 Å². The molecule has 0 atom stereocenters. The number of methoxy groups -OCH3 is 1. The highest BCUT2D eigenvalue weighted by Gasteiger charge is 2.26. The summed E-state index contributed by atoms with van der Waals surface area (Å²) < 4.78 is 5.05. The lowest BCUT2D eigenvalue weighted by Gasteiger charge is -2.17. The molecule has 1 fully saturated rings. The molecule has 0 heterocycles. The van der Waals surface area contributed by atoms with E-state index < -0.39 is 0 Å². The van der Waals surface area contributed by atoms with Crippen molar-refractivity contribution < 1.29 is 14.6 Å². The van der Waals surface area contributed by atoms with Crippen LogP contribution < -0.4 is 4.74 Å². The zero-order chi connectivity index (χ0) is 12.4. The smallest absolute Gasteiger partial charge is 0.257 e. The lowest BCUT2D eigenvalue weighted by atomic mass is 10.1. The standard InChI is InChI=1S/C13H17NO3/c1-14(8-9-3-4-9)13(16)11-7-10(17-2)5-6-12(11)15/h5-7,9,15H,3-4,8H2,1-2H3. The van der Waals surface area contributed by atoms with Crippen LogP contribution in [0.1, 0.15) is 23.2 Å². The van der Waals surface area contributed by atoms with Gasteiger partial charge in [-0.25, -0.2) is 0 Å². The van der Waals surface area contributed by atoms with Crippen molar-refractivity contribution in [3.8, 4) is 11.5 Å². The van der Waals surface area contributed by atoms with Gasteiger partial charge < -0.3 is 14.7 Å². The van der Waals surface area contributed by atoms with Crippen LogP contribution in [0, 0.1) is 5.92 Å². The van der Waals surface area contributed by atoms with Crippen LogP contribution in [0.25, 0.3) is 0 Å². The van der Waals surface area contributed by atoms with Crippen molar-refractivity contribution in [3.63, 3.8) is 0 Å². The first-order chi connectivity index (χ1) is 8.11. The average molecular weight is 235 g/mol. The third-order valence-electron chi connectivity index (χ3n) is 3.01. The number of carbonyl (C=O) groups excluding carboxylic acids is 1. The fourth-order valence-electron chi connectivity index (χ4n) is 1.79. The van der Waals surface area contributed by atoms with E-state index in [-0.39, 0.29) is 11.7 Å². The van der Waals surface area contributed by atoms with E-state index in [1.807, 2.05) is 0 Å². The number of phenolic OH excluding ortho intramolecular Hbond substituents is 1. The van der Waals surface area contributed by atoms with Crippen molar-refractivity contribution in [1.29, 1.82) is 0 Å². The summed E-state index contributed by atoms with van der Waals surface area (Å²) in [5.41, 5.74) is 0.299. The molecule has 1 saturated carbocycles. The minimum Gasteiger partial charge on any atom is -0.507 e. The minimum atomic E-state index is -0.159. The molecule has 1 amide bonds. The van der Waals surface area contributed by atoms with Gasteiger partial charge in [0.1, 0.15) is 11.5 Å². The molecule has 1 aromatic carbocycles. The van der Waals surface area contributed by atoms with Gasteiger partial charge in [0.25, 0.3) is 5.91 Å². The van der Waals surface area contributed by atoms with E-state index in [1.165, 1.54) is 26.0 Å². The molecule has 1 N–H and O–H groups in total. The monoisotopic (exact) mass is 235 g/mol. The molecule has 1 aliphatic carbocycles. The molecule has 0 bridgehead atoms. The maximum Gasteiger partial charge on any atom is 0.257 e. The predicted molar refractivity (Wildman–Crippen MR) is 64.3 cm³/mol. The van der Waals surface area contributed by atoms with E-state index in [2.05, 4.69) is 0 Å². The van der Waals surface area contributed by atoms with Gasteiger partial charge in [0, 0.05) is 13.6 Å². The fourth-order valence-corrected chi connectivity index (χ4v) is 1.79. The number of rotatable bonds is 4. The second kappa shape index (κ2) is 4.65. The van der Waals surface area contributed by atoms with Gasteiger partial charge in [-0.1, -0.05) is 0 Å². The van der Waals surface area contributed by atoms with E-state index in [9.17, 15) is 9.90 Å². The number of hydrogen-bond acceptors (Lipinski definition) is 3. The van der Waals surface area contributed by atoms with E-state index >= 15 is 0 Å². The molecule has 1 aliphatic rings. The Morgan fingerprint density at radius 2 is 2.24 bits per heavy atom. The average Bonchev–Trinajstić information content (AvgIpc) is 3.12. The number of ether oxygens (including phenoxy) is 1. The molecule has 0 aromatic heterocycles. The number of amides is 1. The van der Waals surface area contributed by atoms with Crippen LogP contribution in [-0.4, -0.2) is 36.6 Å². The summed E-state index contributed by atoms with van der Waals surface area (Å²) in [4.78, 5) is 13.8. The molecule has 0 radical (unpaired) electrons. The van der Waals surface area contributed by atoms with Gasteiger partial charge in [-0.15, -0.1) is 0 Å². The Hall–Kier alpha value is -1.71. The lowest BCUT2D eigenvalue weighted by molar-refractivity contribution is 0.0785. The first-order valence-corrected chi connectivity index (χ1v) is 5.74. The molecule has 0 saturated heterocycles. The van der Waals surface area contributed by atoms with Crippen LogP contribution in [0.2, 0.25) is 0 Å². The summed E-state index contributed by atoms with van der Waals surface area (Å²) in [6, 6.07) is 4.69. The maximum atomic E-state index is 12.1. The Bertz CT molecular complexity index is 427. The number of nitrogens with zero attached hydrogens (tertiary/aromatic N) is 1. The topological polar surface area (TPSA) is 49.8 Å². The third-order valence-corrected chi connectivity index (χ3v) is 3.01. The molecular weight excluding hydrogens is 218 g/mol. The molecule has 0 unspecified atom stereocenters. The predicted octanol–water partition coefficient (Wildman–Crippen LogP) is 1.88. The molecule has 92 valence electrons. The van der Waals surface area contributed by atoms with Crippen molar-refractivity contribution in [2.24, 2.45) is 5.92 Å². The molecule has 0 spiro atoms. The highest BCUT2D eigenvalue weighted by Crippen LogP contribution is 2.30. The Kier molecular flexibility index (Phi) is 3.22. The molecular formula is C13H17NO3. The van der Waals surface area contributed by atoms with Crippen LogP contribution in [-0.2, 0) is 0 Å². The molecule has 4 nitrogen and oxygen atoms in total. The van der Waals surface area contributed by atoms with E-state index in [4.69, 9.17) is 4.74 Å². The Labute approximate surface area is 101 Å². The Balaban J connectivity index is 2.16. The third kappa shape index (κ3) is 2.70. The van der Waals surface area contributed by atoms with Crippen LogP contribution in [0.15, 0.2) is 18.2 Å². The maximum absolute atomic E-state index is 12.1. The van der Waals surface area contributed by atoms with E-state index in [0.29, 0.717) is 17.2 Å². The van der Waals surface area contributed by atoms with Crippen LogP contribution in [0.3, 0.4) is 0 Å². The van der Waals surface area contributed by atoms with E-state index in [0.717, 1.165) is 6.54 Å². The van der Waals surface area contributed by atoms with Crippen LogP contribution >= 0.6 is 0 Å². The summed E-state index contributed by atoms with van der Waals surface area (Å²) in [7, 11) is 3.30. The van der Waals surface area contributed by atoms with E-state index in [1.54, 1.807) is 24.1 Å². The summed E-state index contributed by atoms with van der Waals surface area (Å²) in [5.74, 6) is 1.05. The van der Waals surface area contributed by atoms with Crippen molar-refractivity contribution >= 4 is 5.91 Å². The summed E-state index contributed by atoms with van der Waals surface area (Å²) in [5, 5.41) is 9.70. The number of phenols is 1. The van der Waals surface area contributed by atoms with Crippen molar-refractivity contribution in [2.75, 3.05) is 20.7 Å². The number of benzene rings is 1. The second-order valence-electron chi connectivity index (χ2n) is 4.51. The van der Waals surface area contributed by atoms with Gasteiger partial charge in [-0.05, 0) is 37.0 Å². The Morgan fingerprint density at radius 3 is 2.82 bits per heavy atom.